The van der Waals surface area contributed by atoms with Crippen molar-refractivity contribution in [2.45, 2.75) is 51.6 Å². The van der Waals surface area contributed by atoms with Crippen LogP contribution in [0.15, 0.2) is 152 Å². The monoisotopic (exact) mass is 767 g/mol. The van der Waals surface area contributed by atoms with Gasteiger partial charge in [-0.3, -0.25) is 4.79 Å². The summed E-state index contributed by atoms with van der Waals surface area (Å²) < 4.78 is 7.74. The third-order valence-electron chi connectivity index (χ3n) is 10.9. The summed E-state index contributed by atoms with van der Waals surface area (Å²) in [5.41, 5.74) is 7.25. The van der Waals surface area contributed by atoms with Crippen molar-refractivity contribution in [3.8, 4) is 22.6 Å². The Labute approximate surface area is 340 Å². The van der Waals surface area contributed by atoms with Gasteiger partial charge in [0.05, 0.1) is 12.1 Å². The number of ether oxygens (including phenoxy) is 1. The molecule has 1 N–H and O–H groups in total. The largest absolute Gasteiger partial charge is 0.381 e. The third kappa shape index (κ3) is 8.04. The van der Waals surface area contributed by atoms with Gasteiger partial charge in [0.25, 0.3) is 0 Å². The first kappa shape index (κ1) is 38.4. The lowest BCUT2D eigenvalue weighted by molar-refractivity contribution is -0.115. The van der Waals surface area contributed by atoms with Crippen LogP contribution in [0.1, 0.15) is 54.5 Å². The Bertz CT molecular complexity index is 2330. The van der Waals surface area contributed by atoms with Crippen LogP contribution in [0, 0.1) is 12.8 Å². The van der Waals surface area contributed by atoms with Gasteiger partial charge in [-0.25, -0.2) is 9.67 Å². The molecule has 58 heavy (non-hydrogen) atoms. The average Bonchev–Trinajstić information content (AvgIpc) is 3.75. The van der Waals surface area contributed by atoms with E-state index >= 15 is 0 Å². The van der Waals surface area contributed by atoms with E-state index in [0.29, 0.717) is 36.3 Å². The third-order valence-corrected chi connectivity index (χ3v) is 10.9. The molecule has 3 heterocycles. The van der Waals surface area contributed by atoms with Gasteiger partial charge in [-0.2, -0.15) is 0 Å². The number of tetrazole rings is 1. The zero-order valence-corrected chi connectivity index (χ0v) is 33.3. The predicted octanol–water partition coefficient (Wildman–Crippen LogP) is 9.37. The van der Waals surface area contributed by atoms with Crippen LogP contribution < -0.4 is 10.2 Å². The Morgan fingerprint density at radius 2 is 1.34 bits per heavy atom. The minimum Gasteiger partial charge on any atom is -0.381 e. The van der Waals surface area contributed by atoms with Gasteiger partial charge in [0.15, 0.2) is 5.82 Å². The highest BCUT2D eigenvalue weighted by Gasteiger charge is 2.42. The van der Waals surface area contributed by atoms with E-state index in [9.17, 15) is 4.79 Å². The molecule has 0 radical (unpaired) electrons. The van der Waals surface area contributed by atoms with Crippen LogP contribution in [0.5, 0.6) is 0 Å². The van der Waals surface area contributed by atoms with Crippen LogP contribution in [-0.4, -0.2) is 56.9 Å². The zero-order chi connectivity index (χ0) is 39.9. The molecule has 292 valence electrons. The summed E-state index contributed by atoms with van der Waals surface area (Å²) in [5.74, 6) is 1.68. The van der Waals surface area contributed by atoms with E-state index in [-0.39, 0.29) is 18.4 Å². The lowest BCUT2D eigenvalue weighted by Crippen LogP contribution is -2.42. The minimum atomic E-state index is -0.933. The fourth-order valence-corrected chi connectivity index (χ4v) is 8.18. The molecule has 2 aromatic heterocycles. The number of pyridine rings is 1. The van der Waals surface area contributed by atoms with Crippen LogP contribution in [0.3, 0.4) is 0 Å². The number of carbonyl (C=O) groups is 1. The van der Waals surface area contributed by atoms with Gasteiger partial charge in [-0.15, -0.1) is 5.10 Å². The molecule has 9 nitrogen and oxygen atoms in total. The molecule has 5 aromatic carbocycles. The van der Waals surface area contributed by atoms with Gasteiger partial charge in [0, 0.05) is 48.7 Å². The van der Waals surface area contributed by atoms with Crippen molar-refractivity contribution in [2.75, 3.05) is 30.0 Å². The van der Waals surface area contributed by atoms with E-state index in [0.717, 1.165) is 64.1 Å². The predicted molar refractivity (Wildman–Crippen MR) is 231 cm³/mol. The Balaban J connectivity index is 1.30. The average molecular weight is 768 g/mol. The van der Waals surface area contributed by atoms with E-state index in [1.54, 1.807) is 0 Å². The smallest absolute Gasteiger partial charge is 0.228 e. The first-order valence-corrected chi connectivity index (χ1v) is 20.2. The summed E-state index contributed by atoms with van der Waals surface area (Å²) in [6.45, 7) is 8.73. The number of nitrogens with one attached hydrogen (secondary N) is 1. The van der Waals surface area contributed by atoms with Crippen LogP contribution in [0.2, 0.25) is 0 Å². The van der Waals surface area contributed by atoms with Crippen molar-refractivity contribution in [2.24, 2.45) is 5.92 Å². The number of rotatable bonds is 13. The van der Waals surface area contributed by atoms with E-state index in [4.69, 9.17) is 20.0 Å². The second-order valence-corrected chi connectivity index (χ2v) is 15.5. The van der Waals surface area contributed by atoms with Gasteiger partial charge in [-0.05, 0) is 64.4 Å². The molecular weight excluding hydrogens is 719 g/mol. The standard InChI is InChI=1S/C49H49N7O2/c1-35(2)34-55(42-27-29-58-30-28-42)46-33-41(50-47(57)31-37-25-23-36(3)24-26-37)32-45(51-46)43-21-13-14-22-44(43)48-52-53-54-56(48)49(38-15-7-4-8-16-38,39-17-9-5-10-18-39)40-19-11-6-12-20-40/h4-26,32-33,35,42H,27-31,34H2,1-3H3,(H,50,51,57). The molecular formula is C49H49N7O2. The number of benzene rings is 5. The van der Waals surface area contributed by atoms with Crippen LogP contribution in [0.25, 0.3) is 22.6 Å². The number of aromatic nitrogens is 5. The molecule has 0 spiro atoms. The second-order valence-electron chi connectivity index (χ2n) is 15.5. The zero-order valence-electron chi connectivity index (χ0n) is 33.3. The molecule has 0 aliphatic carbocycles. The molecule has 1 aliphatic heterocycles. The van der Waals surface area contributed by atoms with Crippen LogP contribution >= 0.6 is 0 Å². The van der Waals surface area contributed by atoms with Gasteiger partial charge in [0.2, 0.25) is 5.91 Å². The number of hydrogen-bond acceptors (Lipinski definition) is 7. The minimum absolute atomic E-state index is 0.0935. The lowest BCUT2D eigenvalue weighted by Gasteiger charge is -2.37. The maximum absolute atomic E-state index is 13.7. The Morgan fingerprint density at radius 1 is 0.776 bits per heavy atom. The molecule has 9 heteroatoms. The highest BCUT2D eigenvalue weighted by atomic mass is 16.5. The molecule has 1 fully saturated rings. The van der Waals surface area contributed by atoms with Gasteiger partial charge in [0.1, 0.15) is 11.4 Å². The normalized spacial score (nSPS) is 13.4. The summed E-state index contributed by atoms with van der Waals surface area (Å²) in [7, 11) is 0. The Kier molecular flexibility index (Phi) is 11.5. The van der Waals surface area contributed by atoms with Crippen molar-refractivity contribution in [3.05, 3.63) is 179 Å². The van der Waals surface area contributed by atoms with Gasteiger partial charge in [-0.1, -0.05) is 159 Å². The van der Waals surface area contributed by atoms with Crippen molar-refractivity contribution >= 4 is 17.4 Å². The fraction of sp³-hybridized carbons (Fsp3) is 0.245. The number of aryl methyl sites for hydroxylation is 1. The molecule has 1 amide bonds. The van der Waals surface area contributed by atoms with Gasteiger partial charge < -0.3 is 15.0 Å². The van der Waals surface area contributed by atoms with Crippen molar-refractivity contribution in [1.29, 1.82) is 0 Å². The molecule has 0 atom stereocenters. The van der Waals surface area contributed by atoms with E-state index in [1.807, 2.05) is 78.3 Å². The quantitative estimate of drug-likeness (QED) is 0.117. The summed E-state index contributed by atoms with van der Waals surface area (Å²) in [6.07, 6.45) is 2.06. The molecule has 1 aliphatic rings. The van der Waals surface area contributed by atoms with E-state index in [2.05, 4.69) is 114 Å². The highest BCUT2D eigenvalue weighted by molar-refractivity contribution is 5.94. The lowest BCUT2D eigenvalue weighted by atomic mass is 9.77. The molecule has 8 rings (SSSR count). The fourth-order valence-electron chi connectivity index (χ4n) is 8.18. The SMILES string of the molecule is Cc1ccc(CC(=O)Nc2cc(-c3ccccc3-c3nnnn3C(c3ccccc3)(c3ccccc3)c3ccccc3)nc(N(CC(C)C)C3CCOCC3)c2)cc1. The van der Waals surface area contributed by atoms with Gasteiger partial charge >= 0.3 is 0 Å². The van der Waals surface area contributed by atoms with Crippen molar-refractivity contribution in [1.82, 2.24) is 25.2 Å². The first-order chi connectivity index (χ1) is 28.4. The number of hydrogen-bond donors (Lipinski definition) is 1. The molecule has 0 bridgehead atoms. The summed E-state index contributed by atoms with van der Waals surface area (Å²) in [6, 6.07) is 51.7. The summed E-state index contributed by atoms with van der Waals surface area (Å²) >= 11 is 0. The van der Waals surface area contributed by atoms with Crippen LogP contribution in [-0.2, 0) is 21.5 Å². The second kappa shape index (κ2) is 17.4. The van der Waals surface area contributed by atoms with Crippen molar-refractivity contribution < 1.29 is 9.53 Å². The molecule has 0 saturated carbocycles. The topological polar surface area (TPSA) is 98.1 Å². The van der Waals surface area contributed by atoms with E-state index in [1.165, 1.54) is 0 Å². The Hall–Kier alpha value is -6.45. The number of anilines is 2. The molecule has 1 saturated heterocycles. The maximum atomic E-state index is 13.7. The van der Waals surface area contributed by atoms with Crippen molar-refractivity contribution in [3.63, 3.8) is 0 Å². The first-order valence-electron chi connectivity index (χ1n) is 20.2. The van der Waals surface area contributed by atoms with E-state index < -0.39 is 5.54 Å². The summed E-state index contributed by atoms with van der Waals surface area (Å²) in [5, 5.41) is 17.2. The number of nitrogens with zero attached hydrogens (tertiary/aromatic N) is 6. The molecule has 0 unspecified atom stereocenters. The van der Waals surface area contributed by atoms with Crippen LogP contribution in [0.4, 0.5) is 11.5 Å². The number of carbonyl (C=O) groups excluding carboxylic acids is 1. The summed E-state index contributed by atoms with van der Waals surface area (Å²) in [4.78, 5) is 21.5. The molecule has 7 aromatic rings. The Morgan fingerprint density at radius 3 is 1.93 bits per heavy atom. The highest BCUT2D eigenvalue weighted by Crippen LogP contribution is 2.43. The number of amides is 1. The maximum Gasteiger partial charge on any atom is 0.228 e.